The monoisotopic (exact) mass is 634 g/mol. The molecule has 0 spiro atoms. The molecular formula is C45H30N2O2. The topological polar surface area (TPSA) is 52.1 Å². The Morgan fingerprint density at radius 2 is 0.980 bits per heavy atom. The average Bonchev–Trinajstić information content (AvgIpc) is 3.87. The lowest BCUT2D eigenvalue weighted by molar-refractivity contribution is 0.617. The third-order valence-electron chi connectivity index (χ3n) is 9.76. The zero-order chi connectivity index (χ0) is 36.2. The van der Waals surface area contributed by atoms with Crippen molar-refractivity contribution in [1.29, 1.82) is 0 Å². The molecule has 0 N–H and O–H groups in total. The summed E-state index contributed by atoms with van der Waals surface area (Å²) in [7, 11) is 0. The van der Waals surface area contributed by atoms with Crippen molar-refractivity contribution in [1.82, 2.24) is 9.97 Å². The zero-order valence-corrected chi connectivity index (χ0v) is 26.8. The van der Waals surface area contributed by atoms with E-state index >= 15 is 0 Å². The molecule has 0 unspecified atom stereocenters. The molecule has 232 valence electrons. The molecule has 0 radical (unpaired) electrons. The second-order valence-electron chi connectivity index (χ2n) is 13.2. The summed E-state index contributed by atoms with van der Waals surface area (Å²) in [5.74, 6) is 0.707. The van der Waals surface area contributed by atoms with Gasteiger partial charge in [-0.25, -0.2) is 9.97 Å². The van der Waals surface area contributed by atoms with Crippen molar-refractivity contribution in [2.24, 2.45) is 0 Å². The molecule has 4 heteroatoms. The van der Waals surface area contributed by atoms with E-state index in [4.69, 9.17) is 18.8 Å². The van der Waals surface area contributed by atoms with Crippen molar-refractivity contribution in [3.8, 4) is 56.3 Å². The van der Waals surface area contributed by atoms with E-state index in [2.05, 4.69) is 50.2 Å². The van der Waals surface area contributed by atoms with E-state index in [0.717, 1.165) is 11.1 Å². The van der Waals surface area contributed by atoms with Crippen LogP contribution in [0.4, 0.5) is 0 Å². The molecule has 10 rings (SSSR count). The van der Waals surface area contributed by atoms with Crippen LogP contribution in [-0.2, 0) is 5.41 Å². The summed E-state index contributed by atoms with van der Waals surface area (Å²) in [5, 5.41) is 2.36. The predicted molar refractivity (Wildman–Crippen MR) is 198 cm³/mol. The highest BCUT2D eigenvalue weighted by molar-refractivity contribution is 5.94. The SMILES string of the molecule is [2H]c1c([2H])c(-c2ccc3c(c2)C(C)(C)c2cc4ccccc4cc2-3)c([2H])c([2H])c1-c1cc(-c2nc3ccccc3o2)cc(-c2nc3ccccc3o2)c1. The summed E-state index contributed by atoms with van der Waals surface area (Å²) >= 11 is 0. The first-order valence-corrected chi connectivity index (χ1v) is 16.3. The molecule has 0 aliphatic heterocycles. The van der Waals surface area contributed by atoms with Crippen molar-refractivity contribution in [2.75, 3.05) is 0 Å². The van der Waals surface area contributed by atoms with Gasteiger partial charge in [-0.15, -0.1) is 0 Å². The lowest BCUT2D eigenvalue weighted by atomic mass is 9.81. The minimum Gasteiger partial charge on any atom is -0.436 e. The van der Waals surface area contributed by atoms with Gasteiger partial charge in [0, 0.05) is 16.5 Å². The average molecular weight is 635 g/mol. The normalized spacial score (nSPS) is 14.4. The quantitative estimate of drug-likeness (QED) is 0.193. The number of nitrogens with zero attached hydrogens (tertiary/aromatic N) is 2. The van der Waals surface area contributed by atoms with Crippen molar-refractivity contribution in [3.05, 3.63) is 157 Å². The minimum absolute atomic E-state index is 0.115. The molecule has 1 aliphatic rings. The van der Waals surface area contributed by atoms with Crippen LogP contribution in [0.25, 0.3) is 89.3 Å². The summed E-state index contributed by atoms with van der Waals surface area (Å²) in [6, 6.07) is 38.8. The summed E-state index contributed by atoms with van der Waals surface area (Å²) in [6.07, 6.45) is 0. The Morgan fingerprint density at radius 1 is 0.469 bits per heavy atom. The zero-order valence-electron chi connectivity index (χ0n) is 30.8. The first kappa shape index (κ1) is 24.0. The molecule has 4 nitrogen and oxygen atoms in total. The first-order chi connectivity index (χ1) is 25.7. The number of oxazole rings is 2. The van der Waals surface area contributed by atoms with Crippen LogP contribution < -0.4 is 0 Å². The summed E-state index contributed by atoms with van der Waals surface area (Å²) in [4.78, 5) is 9.43. The van der Waals surface area contributed by atoms with E-state index in [1.54, 1.807) is 12.1 Å². The maximum atomic E-state index is 9.34. The second-order valence-corrected chi connectivity index (χ2v) is 13.2. The fourth-order valence-corrected chi connectivity index (χ4v) is 7.19. The molecule has 7 aromatic carbocycles. The Hall–Kier alpha value is -6.26. The van der Waals surface area contributed by atoms with Crippen LogP contribution in [0.2, 0.25) is 0 Å². The van der Waals surface area contributed by atoms with Crippen molar-refractivity contribution in [3.63, 3.8) is 0 Å². The summed E-state index contributed by atoms with van der Waals surface area (Å²) in [5.41, 5.74) is 9.64. The molecule has 0 saturated carbocycles. The van der Waals surface area contributed by atoms with Crippen LogP contribution >= 0.6 is 0 Å². The van der Waals surface area contributed by atoms with Crippen LogP contribution in [0.1, 0.15) is 30.5 Å². The standard InChI is InChI=1S/C45H30N2O2/c1-45(2)37-26-31(19-20-35(37)36-24-29-9-3-4-10-30(29)25-38(36)45)27-15-17-28(18-16-27)32-21-33(43-46-39-11-5-7-13-41(39)48-43)23-34(22-32)44-47-40-12-6-8-14-42(40)49-44/h3-26H,1-2H3/i15D,16D,17D,18D. The van der Waals surface area contributed by atoms with Gasteiger partial charge in [0.15, 0.2) is 11.2 Å². The fraction of sp³-hybridized carbons (Fsp3) is 0.0667. The van der Waals surface area contributed by atoms with Crippen molar-refractivity contribution < 1.29 is 14.3 Å². The number of rotatable bonds is 4. The highest BCUT2D eigenvalue weighted by Crippen LogP contribution is 2.51. The van der Waals surface area contributed by atoms with E-state index in [9.17, 15) is 5.48 Å². The number of hydrogen-bond acceptors (Lipinski definition) is 4. The molecule has 0 atom stereocenters. The van der Waals surface area contributed by atoms with Gasteiger partial charge in [-0.2, -0.15) is 0 Å². The Kier molecular flexibility index (Phi) is 5.07. The van der Waals surface area contributed by atoms with Gasteiger partial charge in [0.05, 0.1) is 5.48 Å². The van der Waals surface area contributed by atoms with Crippen molar-refractivity contribution >= 4 is 33.0 Å². The molecule has 0 saturated heterocycles. The Morgan fingerprint density at radius 3 is 1.59 bits per heavy atom. The van der Waals surface area contributed by atoms with E-state index < -0.39 is 0 Å². The Balaban J connectivity index is 1.14. The fourth-order valence-electron chi connectivity index (χ4n) is 7.19. The number of aromatic nitrogens is 2. The number of benzene rings is 7. The van der Waals surface area contributed by atoms with E-state index in [-0.39, 0.29) is 40.7 Å². The number of fused-ring (bicyclic) bond motifs is 6. The lowest BCUT2D eigenvalue weighted by Crippen LogP contribution is -2.15. The van der Waals surface area contributed by atoms with E-state index in [0.29, 0.717) is 56.2 Å². The number of hydrogen-bond donors (Lipinski definition) is 0. The first-order valence-electron chi connectivity index (χ1n) is 18.3. The molecular weight excluding hydrogens is 601 g/mol. The highest BCUT2D eigenvalue weighted by atomic mass is 16.4. The van der Waals surface area contributed by atoms with Crippen LogP contribution in [-0.4, -0.2) is 9.97 Å². The van der Waals surface area contributed by atoms with Gasteiger partial charge >= 0.3 is 0 Å². The molecule has 1 aliphatic carbocycles. The van der Waals surface area contributed by atoms with Crippen LogP contribution in [0.3, 0.4) is 0 Å². The summed E-state index contributed by atoms with van der Waals surface area (Å²) < 4.78 is 49.6. The maximum absolute atomic E-state index is 9.34. The molecule has 9 aromatic rings. The molecule has 0 fully saturated rings. The van der Waals surface area contributed by atoms with Gasteiger partial charge in [-0.05, 0) is 116 Å². The van der Waals surface area contributed by atoms with Crippen LogP contribution in [0, 0.1) is 0 Å². The van der Waals surface area contributed by atoms with Crippen LogP contribution in [0.15, 0.2) is 154 Å². The lowest BCUT2D eigenvalue weighted by Gasteiger charge is -2.22. The minimum atomic E-state index is -0.325. The Bertz CT molecular complexity index is 2810. The van der Waals surface area contributed by atoms with Gasteiger partial charge in [-0.1, -0.05) is 98.7 Å². The smallest absolute Gasteiger partial charge is 0.227 e. The third-order valence-corrected chi connectivity index (χ3v) is 9.76. The van der Waals surface area contributed by atoms with Gasteiger partial charge in [-0.3, -0.25) is 0 Å². The largest absolute Gasteiger partial charge is 0.436 e. The van der Waals surface area contributed by atoms with E-state index in [1.807, 2.05) is 72.8 Å². The molecule has 2 aromatic heterocycles. The van der Waals surface area contributed by atoms with Gasteiger partial charge < -0.3 is 8.83 Å². The second kappa shape index (κ2) is 10.4. The predicted octanol–water partition coefficient (Wildman–Crippen LogP) is 12.1. The van der Waals surface area contributed by atoms with Gasteiger partial charge in [0.2, 0.25) is 11.8 Å². The Labute approximate surface area is 288 Å². The van der Waals surface area contributed by atoms with Gasteiger partial charge in [0.1, 0.15) is 11.0 Å². The van der Waals surface area contributed by atoms with E-state index in [1.165, 1.54) is 21.9 Å². The maximum Gasteiger partial charge on any atom is 0.227 e. The van der Waals surface area contributed by atoms with Crippen LogP contribution in [0.5, 0.6) is 0 Å². The van der Waals surface area contributed by atoms with Crippen molar-refractivity contribution in [2.45, 2.75) is 19.3 Å². The molecule has 49 heavy (non-hydrogen) atoms. The molecule has 0 bridgehead atoms. The number of para-hydroxylation sites is 4. The summed E-state index contributed by atoms with van der Waals surface area (Å²) in [6.45, 7) is 4.40. The highest BCUT2D eigenvalue weighted by Gasteiger charge is 2.35. The molecule has 0 amide bonds. The van der Waals surface area contributed by atoms with Gasteiger partial charge in [0.25, 0.3) is 0 Å². The third kappa shape index (κ3) is 4.45. The molecule has 2 heterocycles.